The van der Waals surface area contributed by atoms with E-state index in [1.807, 2.05) is 19.2 Å². The van der Waals surface area contributed by atoms with Crippen molar-refractivity contribution < 1.29 is 4.79 Å². The number of hydrogen-bond donors (Lipinski definition) is 2. The number of aromatic nitrogens is 2. The van der Waals surface area contributed by atoms with Gasteiger partial charge in [-0.1, -0.05) is 32.4 Å². The molecule has 0 aliphatic heterocycles. The van der Waals surface area contributed by atoms with Crippen LogP contribution < -0.4 is 10.6 Å². The number of anilines is 3. The Morgan fingerprint density at radius 1 is 1.29 bits per heavy atom. The molecule has 2 aromatic rings. The fraction of sp³-hybridized carbons (Fsp3) is 0.476. The van der Waals surface area contributed by atoms with Crippen molar-refractivity contribution in [3.05, 3.63) is 40.5 Å². The smallest absolute Gasteiger partial charge is 0.229 e. The lowest BCUT2D eigenvalue weighted by Crippen LogP contribution is -2.38. The highest BCUT2D eigenvalue weighted by molar-refractivity contribution is 9.10. The Labute approximate surface area is 175 Å². The van der Waals surface area contributed by atoms with Gasteiger partial charge in [-0.15, -0.1) is 0 Å². The maximum atomic E-state index is 12.2. The second-order valence-corrected chi connectivity index (χ2v) is 8.46. The van der Waals surface area contributed by atoms with Gasteiger partial charge in [0.1, 0.15) is 5.82 Å². The summed E-state index contributed by atoms with van der Waals surface area (Å²) >= 11 is 3.49. The average Bonchev–Trinajstić information content (AvgIpc) is 2.63. The maximum absolute atomic E-state index is 12.2. The SMILES string of the molecule is CC(C)c1ccc(Nc2ncc(Br)c(NCCN(C)C(=O)C3CCC3)n2)cc1. The molecule has 6 nitrogen and oxygen atoms in total. The van der Waals surface area contributed by atoms with Crippen molar-refractivity contribution in [1.29, 1.82) is 0 Å². The first-order valence-corrected chi connectivity index (χ1v) is 10.6. The molecule has 2 N–H and O–H groups in total. The Morgan fingerprint density at radius 3 is 2.61 bits per heavy atom. The van der Waals surface area contributed by atoms with Crippen LogP contribution in [0.2, 0.25) is 0 Å². The summed E-state index contributed by atoms with van der Waals surface area (Å²) in [6.07, 6.45) is 4.96. The first-order valence-electron chi connectivity index (χ1n) is 9.82. The van der Waals surface area contributed by atoms with Gasteiger partial charge in [-0.05, 0) is 52.4 Å². The molecule has 1 aromatic heterocycles. The van der Waals surface area contributed by atoms with Gasteiger partial charge >= 0.3 is 0 Å². The highest BCUT2D eigenvalue weighted by Crippen LogP contribution is 2.28. The van der Waals surface area contributed by atoms with E-state index in [4.69, 9.17) is 0 Å². The van der Waals surface area contributed by atoms with Crippen LogP contribution >= 0.6 is 15.9 Å². The van der Waals surface area contributed by atoms with E-state index in [1.54, 1.807) is 11.1 Å². The van der Waals surface area contributed by atoms with E-state index in [-0.39, 0.29) is 11.8 Å². The van der Waals surface area contributed by atoms with Gasteiger partial charge in [0.2, 0.25) is 11.9 Å². The number of likely N-dealkylation sites (N-methyl/N-ethyl adjacent to an activating group) is 1. The summed E-state index contributed by atoms with van der Waals surface area (Å²) < 4.78 is 0.793. The summed E-state index contributed by atoms with van der Waals surface area (Å²) in [4.78, 5) is 22.9. The standard InChI is InChI=1S/C21H28BrN5O/c1-14(2)15-7-9-17(10-8-15)25-21-24-13-18(22)19(26-21)23-11-12-27(3)20(28)16-5-4-6-16/h7-10,13-14,16H,4-6,11-12H2,1-3H3,(H2,23,24,25,26). The van der Waals surface area contributed by atoms with Crippen LogP contribution in [0.1, 0.15) is 44.6 Å². The molecule has 1 amide bonds. The summed E-state index contributed by atoms with van der Waals surface area (Å²) in [5.74, 6) is 2.22. The molecule has 0 unspecified atom stereocenters. The van der Waals surface area contributed by atoms with E-state index in [0.29, 0.717) is 30.8 Å². The third-order valence-electron chi connectivity index (χ3n) is 5.15. The Morgan fingerprint density at radius 2 is 2.00 bits per heavy atom. The topological polar surface area (TPSA) is 70.2 Å². The van der Waals surface area contributed by atoms with Gasteiger partial charge in [0.05, 0.1) is 4.47 Å². The maximum Gasteiger partial charge on any atom is 0.229 e. The minimum Gasteiger partial charge on any atom is -0.367 e. The fourth-order valence-electron chi connectivity index (χ4n) is 3.05. The zero-order chi connectivity index (χ0) is 20.1. The molecule has 1 aromatic carbocycles. The Hall–Kier alpha value is -2.15. The van der Waals surface area contributed by atoms with Crippen molar-refractivity contribution in [3.63, 3.8) is 0 Å². The van der Waals surface area contributed by atoms with Gasteiger partial charge in [-0.3, -0.25) is 4.79 Å². The van der Waals surface area contributed by atoms with Crippen LogP contribution in [0.15, 0.2) is 34.9 Å². The van der Waals surface area contributed by atoms with Gasteiger partial charge in [0.25, 0.3) is 0 Å². The predicted octanol–water partition coefficient (Wildman–Crippen LogP) is 4.78. The molecule has 0 spiro atoms. The number of rotatable bonds is 8. The lowest BCUT2D eigenvalue weighted by Gasteiger charge is -2.29. The second-order valence-electron chi connectivity index (χ2n) is 7.61. The van der Waals surface area contributed by atoms with Gasteiger partial charge in [-0.2, -0.15) is 4.98 Å². The first-order chi connectivity index (χ1) is 13.4. The number of carbonyl (C=O) groups is 1. The summed E-state index contributed by atoms with van der Waals surface area (Å²) in [7, 11) is 1.87. The van der Waals surface area contributed by atoms with Crippen LogP contribution in [-0.4, -0.2) is 40.9 Å². The van der Waals surface area contributed by atoms with E-state index in [2.05, 4.69) is 62.5 Å². The molecule has 0 radical (unpaired) electrons. The van der Waals surface area contributed by atoms with E-state index >= 15 is 0 Å². The molecule has 3 rings (SSSR count). The van der Waals surface area contributed by atoms with Crippen molar-refractivity contribution in [1.82, 2.24) is 14.9 Å². The largest absolute Gasteiger partial charge is 0.367 e. The highest BCUT2D eigenvalue weighted by Gasteiger charge is 2.27. The molecule has 0 saturated heterocycles. The minimum atomic E-state index is 0.230. The Bertz CT molecular complexity index is 805. The Balaban J connectivity index is 1.55. The molecule has 0 atom stereocenters. The normalized spacial score (nSPS) is 13.9. The van der Waals surface area contributed by atoms with Gasteiger partial charge < -0.3 is 15.5 Å². The first kappa shape index (κ1) is 20.6. The summed E-state index contributed by atoms with van der Waals surface area (Å²) in [6.45, 7) is 5.63. The van der Waals surface area contributed by atoms with Crippen LogP contribution in [0.3, 0.4) is 0 Å². The van der Waals surface area contributed by atoms with Crippen LogP contribution in [0.4, 0.5) is 17.5 Å². The third-order valence-corrected chi connectivity index (χ3v) is 5.73. The van der Waals surface area contributed by atoms with E-state index in [9.17, 15) is 4.79 Å². The molecule has 1 saturated carbocycles. The zero-order valence-electron chi connectivity index (χ0n) is 16.7. The van der Waals surface area contributed by atoms with Gasteiger partial charge in [0, 0.05) is 37.9 Å². The third kappa shape index (κ3) is 5.22. The van der Waals surface area contributed by atoms with Crippen LogP contribution in [0, 0.1) is 5.92 Å². The zero-order valence-corrected chi connectivity index (χ0v) is 18.3. The predicted molar refractivity (Wildman–Crippen MR) is 117 cm³/mol. The van der Waals surface area contributed by atoms with E-state index in [0.717, 1.165) is 23.0 Å². The molecular formula is C21H28BrN5O. The molecule has 7 heteroatoms. The van der Waals surface area contributed by atoms with Crippen LogP contribution in [0.25, 0.3) is 0 Å². The van der Waals surface area contributed by atoms with E-state index < -0.39 is 0 Å². The van der Waals surface area contributed by atoms with Gasteiger partial charge in [0.15, 0.2) is 0 Å². The molecule has 1 aliphatic carbocycles. The van der Waals surface area contributed by atoms with Crippen molar-refractivity contribution in [2.24, 2.45) is 5.92 Å². The molecular weight excluding hydrogens is 418 g/mol. The molecule has 1 heterocycles. The molecule has 1 fully saturated rings. The number of hydrogen-bond acceptors (Lipinski definition) is 5. The van der Waals surface area contributed by atoms with Crippen molar-refractivity contribution in [2.45, 2.75) is 39.0 Å². The molecule has 1 aliphatic rings. The number of nitrogens with zero attached hydrogens (tertiary/aromatic N) is 3. The van der Waals surface area contributed by atoms with E-state index in [1.165, 1.54) is 12.0 Å². The number of halogens is 1. The summed E-state index contributed by atoms with van der Waals surface area (Å²) in [5.41, 5.74) is 2.24. The quantitative estimate of drug-likeness (QED) is 0.611. The lowest BCUT2D eigenvalue weighted by atomic mass is 9.84. The fourth-order valence-corrected chi connectivity index (χ4v) is 3.38. The van der Waals surface area contributed by atoms with Crippen LogP contribution in [-0.2, 0) is 4.79 Å². The van der Waals surface area contributed by atoms with Crippen molar-refractivity contribution in [3.8, 4) is 0 Å². The lowest BCUT2D eigenvalue weighted by molar-refractivity contribution is -0.136. The monoisotopic (exact) mass is 445 g/mol. The Kier molecular flexibility index (Phi) is 6.88. The number of carbonyl (C=O) groups excluding carboxylic acids is 1. The minimum absolute atomic E-state index is 0.230. The van der Waals surface area contributed by atoms with Crippen molar-refractivity contribution >= 4 is 39.3 Å². The highest BCUT2D eigenvalue weighted by atomic mass is 79.9. The summed E-state index contributed by atoms with van der Waals surface area (Å²) in [5, 5.41) is 6.53. The summed E-state index contributed by atoms with van der Waals surface area (Å²) in [6, 6.07) is 8.30. The second kappa shape index (κ2) is 9.37. The van der Waals surface area contributed by atoms with Crippen molar-refractivity contribution in [2.75, 3.05) is 30.8 Å². The number of nitrogens with one attached hydrogen (secondary N) is 2. The number of amides is 1. The average molecular weight is 446 g/mol. The van der Waals surface area contributed by atoms with Gasteiger partial charge in [-0.25, -0.2) is 4.98 Å². The molecule has 28 heavy (non-hydrogen) atoms. The number of benzene rings is 1. The molecule has 150 valence electrons. The van der Waals surface area contributed by atoms with Crippen LogP contribution in [0.5, 0.6) is 0 Å². The molecule has 0 bridgehead atoms.